The molecule has 7 heteroatoms. The number of carbonyl (C=O) groups is 2. The monoisotopic (exact) mass is 568 g/mol. The van der Waals surface area contributed by atoms with Gasteiger partial charge in [0.2, 0.25) is 5.91 Å². The number of hydrogen-bond acceptors (Lipinski definition) is 3. The lowest BCUT2D eigenvalue weighted by Crippen LogP contribution is -2.53. The van der Waals surface area contributed by atoms with Crippen molar-refractivity contribution < 1.29 is 14.3 Å². The van der Waals surface area contributed by atoms with Crippen LogP contribution in [0.1, 0.15) is 36.8 Å². The highest BCUT2D eigenvalue weighted by molar-refractivity contribution is 9.10. The molecule has 0 radical (unpaired) electrons. The third-order valence-corrected chi connectivity index (χ3v) is 7.21. The van der Waals surface area contributed by atoms with Gasteiger partial charge in [-0.3, -0.25) is 9.59 Å². The lowest BCUT2D eigenvalue weighted by atomic mass is 10.0. The summed E-state index contributed by atoms with van der Waals surface area (Å²) in [6.07, 6.45) is 4.57. The molecular weight excluding hydrogens is 540 g/mol. The van der Waals surface area contributed by atoms with Crippen molar-refractivity contribution in [1.82, 2.24) is 10.2 Å². The van der Waals surface area contributed by atoms with Gasteiger partial charge in [0.05, 0.1) is 5.02 Å². The lowest BCUT2D eigenvalue weighted by Gasteiger charge is -2.32. The first-order chi connectivity index (χ1) is 17.5. The highest BCUT2D eigenvalue weighted by Gasteiger charge is 2.32. The van der Waals surface area contributed by atoms with E-state index in [4.69, 9.17) is 16.3 Å². The number of ether oxygens (including phenoxy) is 1. The summed E-state index contributed by atoms with van der Waals surface area (Å²) >= 11 is 9.75. The number of hydrogen-bond donors (Lipinski definition) is 1. The number of halogens is 2. The van der Waals surface area contributed by atoms with Crippen LogP contribution in [0.4, 0.5) is 0 Å². The molecule has 3 aromatic rings. The van der Waals surface area contributed by atoms with Crippen molar-refractivity contribution in [2.75, 3.05) is 6.61 Å². The Hall–Kier alpha value is -2.83. The predicted octanol–water partition coefficient (Wildman–Crippen LogP) is 6.18. The topological polar surface area (TPSA) is 58.6 Å². The number of amides is 2. The summed E-state index contributed by atoms with van der Waals surface area (Å²) in [5.41, 5.74) is 1.91. The first kappa shape index (κ1) is 26.2. The third kappa shape index (κ3) is 7.34. The summed E-state index contributed by atoms with van der Waals surface area (Å²) in [6, 6.07) is 24.1. The Morgan fingerprint density at radius 3 is 2.39 bits per heavy atom. The molecule has 0 saturated heterocycles. The normalized spacial score (nSPS) is 14.3. The van der Waals surface area contributed by atoms with Gasteiger partial charge in [0.25, 0.3) is 5.91 Å². The molecule has 4 rings (SSSR count). The van der Waals surface area contributed by atoms with Crippen LogP contribution in [0.2, 0.25) is 5.02 Å². The molecule has 1 N–H and O–H groups in total. The number of nitrogens with one attached hydrogen (secondary N) is 1. The van der Waals surface area contributed by atoms with Crippen LogP contribution in [0.3, 0.4) is 0 Å². The van der Waals surface area contributed by atoms with Crippen LogP contribution in [0, 0.1) is 0 Å². The van der Waals surface area contributed by atoms with Crippen molar-refractivity contribution in [2.24, 2.45) is 0 Å². The summed E-state index contributed by atoms with van der Waals surface area (Å²) in [4.78, 5) is 29.0. The van der Waals surface area contributed by atoms with Gasteiger partial charge in [-0.1, -0.05) is 95.0 Å². The molecule has 1 saturated carbocycles. The Morgan fingerprint density at radius 1 is 0.972 bits per heavy atom. The van der Waals surface area contributed by atoms with Crippen molar-refractivity contribution >= 4 is 39.3 Å². The average Bonchev–Trinajstić information content (AvgIpc) is 3.39. The number of carbonyl (C=O) groups excluding carboxylic acids is 2. The lowest BCUT2D eigenvalue weighted by molar-refractivity contribution is -0.143. The second-order valence-electron chi connectivity index (χ2n) is 9.07. The molecule has 0 bridgehead atoms. The van der Waals surface area contributed by atoms with Crippen molar-refractivity contribution in [2.45, 2.75) is 50.7 Å². The van der Waals surface area contributed by atoms with E-state index in [2.05, 4.69) is 21.2 Å². The molecule has 2 amide bonds. The zero-order valence-corrected chi connectivity index (χ0v) is 22.4. The Bertz CT molecular complexity index is 1170. The van der Waals surface area contributed by atoms with Gasteiger partial charge in [-0.2, -0.15) is 0 Å². The molecule has 0 aromatic heterocycles. The molecule has 188 valence electrons. The minimum Gasteiger partial charge on any atom is -0.482 e. The predicted molar refractivity (Wildman–Crippen MR) is 146 cm³/mol. The van der Waals surface area contributed by atoms with Crippen molar-refractivity contribution in [3.63, 3.8) is 0 Å². The maximum atomic E-state index is 13.7. The largest absolute Gasteiger partial charge is 0.482 e. The van der Waals surface area contributed by atoms with Crippen molar-refractivity contribution in [1.29, 1.82) is 0 Å². The summed E-state index contributed by atoms with van der Waals surface area (Å²) in [6.45, 7) is 0.0550. The van der Waals surface area contributed by atoms with Crippen LogP contribution in [0.5, 0.6) is 5.75 Å². The van der Waals surface area contributed by atoms with E-state index in [9.17, 15) is 9.59 Å². The van der Waals surface area contributed by atoms with Crippen LogP contribution >= 0.6 is 27.5 Å². The molecule has 0 heterocycles. The van der Waals surface area contributed by atoms with Gasteiger partial charge in [-0.15, -0.1) is 0 Å². The minimum absolute atomic E-state index is 0.133. The quantitative estimate of drug-likeness (QED) is 0.317. The van der Waals surface area contributed by atoms with Crippen LogP contribution in [0.25, 0.3) is 0 Å². The fourth-order valence-electron chi connectivity index (χ4n) is 4.54. The fraction of sp³-hybridized carbons (Fsp3) is 0.310. The Morgan fingerprint density at radius 2 is 1.67 bits per heavy atom. The third-order valence-electron chi connectivity index (χ3n) is 6.40. The Labute approximate surface area is 225 Å². The van der Waals surface area contributed by atoms with E-state index in [1.807, 2.05) is 54.6 Å². The zero-order chi connectivity index (χ0) is 25.3. The van der Waals surface area contributed by atoms with Gasteiger partial charge in [0.15, 0.2) is 6.61 Å². The Kier molecular flexibility index (Phi) is 9.42. The van der Waals surface area contributed by atoms with E-state index in [-0.39, 0.29) is 31.0 Å². The number of nitrogens with zero attached hydrogens (tertiary/aromatic N) is 1. The van der Waals surface area contributed by atoms with E-state index in [0.717, 1.165) is 41.3 Å². The standard InChI is InChI=1S/C29H30BrClN2O3/c30-23-12-8-11-22(17-23)19-33(28(34)20-36-27-16-7-6-15-25(27)31)26(18-21-9-2-1-3-10-21)29(35)32-24-13-4-5-14-24/h1-3,6-12,15-17,24,26H,4-5,13-14,18-20H2,(H,32,35)/t26-/m1/s1. The van der Waals surface area contributed by atoms with Gasteiger partial charge in [-0.25, -0.2) is 0 Å². The second kappa shape index (κ2) is 12.9. The van der Waals surface area contributed by atoms with E-state index in [1.165, 1.54) is 0 Å². The SMILES string of the molecule is O=C(NC1CCCC1)[C@@H](Cc1ccccc1)N(Cc1cccc(Br)c1)C(=O)COc1ccccc1Cl. The molecule has 3 aromatic carbocycles. The molecule has 1 fully saturated rings. The van der Waals surface area contributed by atoms with E-state index >= 15 is 0 Å². The second-order valence-corrected chi connectivity index (χ2v) is 10.4. The summed E-state index contributed by atoms with van der Waals surface area (Å²) in [7, 11) is 0. The first-order valence-electron chi connectivity index (χ1n) is 12.2. The van der Waals surface area contributed by atoms with Gasteiger partial charge in [-0.05, 0) is 48.2 Å². The van der Waals surface area contributed by atoms with Crippen LogP contribution in [-0.2, 0) is 22.6 Å². The van der Waals surface area contributed by atoms with E-state index < -0.39 is 6.04 Å². The summed E-state index contributed by atoms with van der Waals surface area (Å²) in [5, 5.41) is 3.64. The average molecular weight is 570 g/mol. The molecule has 1 aliphatic rings. The first-order valence-corrected chi connectivity index (χ1v) is 13.4. The smallest absolute Gasteiger partial charge is 0.261 e. The van der Waals surface area contributed by atoms with Crippen LogP contribution in [0.15, 0.2) is 83.3 Å². The van der Waals surface area contributed by atoms with Gasteiger partial charge in [0.1, 0.15) is 11.8 Å². The fourth-order valence-corrected chi connectivity index (χ4v) is 5.17. The molecule has 0 aliphatic heterocycles. The summed E-state index contributed by atoms with van der Waals surface area (Å²) in [5.74, 6) is 0.0224. The van der Waals surface area contributed by atoms with Gasteiger partial charge in [0, 0.05) is 23.5 Å². The molecule has 36 heavy (non-hydrogen) atoms. The maximum Gasteiger partial charge on any atom is 0.261 e. The van der Waals surface area contributed by atoms with Gasteiger partial charge < -0.3 is 15.0 Å². The van der Waals surface area contributed by atoms with Crippen LogP contribution < -0.4 is 10.1 Å². The number of para-hydroxylation sites is 1. The molecule has 5 nitrogen and oxygen atoms in total. The van der Waals surface area contributed by atoms with E-state index in [0.29, 0.717) is 17.2 Å². The van der Waals surface area contributed by atoms with Crippen molar-refractivity contribution in [3.8, 4) is 5.75 Å². The van der Waals surface area contributed by atoms with Crippen LogP contribution in [-0.4, -0.2) is 35.4 Å². The molecule has 0 spiro atoms. The van der Waals surface area contributed by atoms with Crippen molar-refractivity contribution in [3.05, 3.63) is 99.5 Å². The highest BCUT2D eigenvalue weighted by Crippen LogP contribution is 2.24. The van der Waals surface area contributed by atoms with Gasteiger partial charge >= 0.3 is 0 Å². The summed E-state index contributed by atoms with van der Waals surface area (Å²) < 4.78 is 6.70. The molecule has 0 unspecified atom stereocenters. The van der Waals surface area contributed by atoms with E-state index in [1.54, 1.807) is 29.2 Å². The maximum absolute atomic E-state index is 13.7. The Balaban J connectivity index is 1.62. The zero-order valence-electron chi connectivity index (χ0n) is 20.0. The highest BCUT2D eigenvalue weighted by atomic mass is 79.9. The molecule has 1 atom stereocenters. The minimum atomic E-state index is -0.686. The molecule has 1 aliphatic carbocycles. The molecular formula is C29H30BrClN2O3. The number of rotatable bonds is 10. The number of benzene rings is 3.